The van der Waals surface area contributed by atoms with Gasteiger partial charge in [0, 0.05) is 5.25 Å². The number of aryl methyl sites for hydroxylation is 1. The highest BCUT2D eigenvalue weighted by atomic mass is 32.2. The van der Waals surface area contributed by atoms with E-state index in [4.69, 9.17) is 0 Å². The van der Waals surface area contributed by atoms with E-state index >= 15 is 0 Å². The van der Waals surface area contributed by atoms with Crippen LogP contribution in [0.15, 0.2) is 42.5 Å². The quantitative estimate of drug-likeness (QED) is 0.589. The zero-order valence-electron chi connectivity index (χ0n) is 11.0. The summed E-state index contributed by atoms with van der Waals surface area (Å²) < 4.78 is 37.3. The third-order valence-electron chi connectivity index (χ3n) is 2.71. The van der Waals surface area contributed by atoms with Gasteiger partial charge in [0.25, 0.3) is 0 Å². The summed E-state index contributed by atoms with van der Waals surface area (Å²) in [4.78, 5) is 0. The molecule has 4 heteroatoms. The Bertz CT molecular complexity index is 384. The van der Waals surface area contributed by atoms with Crippen LogP contribution in [0.5, 0.6) is 0 Å². The van der Waals surface area contributed by atoms with Crippen LogP contribution in [0.4, 0.5) is 13.2 Å². The molecule has 0 saturated carbocycles. The Hall–Kier alpha value is -0.900. The molecule has 0 amide bonds. The molecule has 1 aromatic rings. The van der Waals surface area contributed by atoms with Gasteiger partial charge in [0.1, 0.15) is 0 Å². The van der Waals surface area contributed by atoms with Gasteiger partial charge in [-0.2, -0.15) is 13.2 Å². The zero-order chi connectivity index (χ0) is 14.3. The van der Waals surface area contributed by atoms with E-state index in [1.54, 1.807) is 6.92 Å². The standard InChI is InChI=1S/C15H19F3S/c1-12(2)11-14(19-15(16,17)18)10-6-9-13-7-4-3-5-8-13/h3-5,7-8,14H,1,6,9-11H2,2H3. The second-order valence-electron chi connectivity index (χ2n) is 4.72. The minimum atomic E-state index is -4.16. The van der Waals surface area contributed by atoms with Gasteiger partial charge < -0.3 is 0 Å². The molecule has 0 fully saturated rings. The molecule has 0 N–H and O–H groups in total. The summed E-state index contributed by atoms with van der Waals surface area (Å²) in [6.45, 7) is 5.49. The van der Waals surface area contributed by atoms with Crippen molar-refractivity contribution in [2.75, 3.05) is 0 Å². The first-order valence-electron chi connectivity index (χ1n) is 6.29. The first kappa shape index (κ1) is 16.2. The van der Waals surface area contributed by atoms with Crippen LogP contribution in [0.2, 0.25) is 0 Å². The fourth-order valence-electron chi connectivity index (χ4n) is 1.96. The third kappa shape index (κ3) is 7.98. The van der Waals surface area contributed by atoms with Crippen LogP contribution in [0.3, 0.4) is 0 Å². The van der Waals surface area contributed by atoms with Crippen LogP contribution in [0.25, 0.3) is 0 Å². The van der Waals surface area contributed by atoms with Crippen molar-refractivity contribution in [3.63, 3.8) is 0 Å². The second-order valence-corrected chi connectivity index (χ2v) is 6.09. The van der Waals surface area contributed by atoms with Gasteiger partial charge in [-0.05, 0) is 49.9 Å². The van der Waals surface area contributed by atoms with Gasteiger partial charge in [0.2, 0.25) is 0 Å². The lowest BCUT2D eigenvalue weighted by Gasteiger charge is -2.18. The molecule has 1 rings (SSSR count). The molecule has 1 aromatic carbocycles. The minimum Gasteiger partial charge on any atom is -0.160 e. The smallest absolute Gasteiger partial charge is 0.160 e. The molecular formula is C15H19F3S. The van der Waals surface area contributed by atoms with Crippen molar-refractivity contribution in [3.8, 4) is 0 Å². The molecule has 1 atom stereocenters. The molecule has 0 heterocycles. The lowest BCUT2D eigenvalue weighted by atomic mass is 10.0. The number of alkyl halides is 3. The van der Waals surface area contributed by atoms with Crippen LogP contribution in [0.1, 0.15) is 31.7 Å². The lowest BCUT2D eigenvalue weighted by molar-refractivity contribution is -0.0334. The van der Waals surface area contributed by atoms with Crippen LogP contribution in [0, 0.1) is 0 Å². The summed E-state index contributed by atoms with van der Waals surface area (Å²) in [5.41, 5.74) is -2.18. The Morgan fingerprint density at radius 1 is 1.26 bits per heavy atom. The molecule has 0 bridgehead atoms. The second kappa shape index (κ2) is 7.63. The predicted octanol–water partition coefficient (Wildman–Crippen LogP) is 5.60. The largest absolute Gasteiger partial charge is 0.442 e. The first-order chi connectivity index (χ1) is 8.87. The Labute approximate surface area is 117 Å². The number of allylic oxidation sites excluding steroid dienone is 1. The minimum absolute atomic E-state index is 0.104. The monoisotopic (exact) mass is 288 g/mol. The van der Waals surface area contributed by atoms with Crippen molar-refractivity contribution in [1.29, 1.82) is 0 Å². The van der Waals surface area contributed by atoms with Gasteiger partial charge in [-0.3, -0.25) is 0 Å². The SMILES string of the molecule is C=C(C)CC(CCCc1ccccc1)SC(F)(F)F. The maximum atomic E-state index is 12.4. The number of halogens is 3. The van der Waals surface area contributed by atoms with Crippen molar-refractivity contribution < 1.29 is 13.2 Å². The fourth-order valence-corrected chi connectivity index (χ4v) is 2.99. The molecule has 0 aliphatic carbocycles. The third-order valence-corrected chi connectivity index (χ3v) is 3.71. The van der Waals surface area contributed by atoms with Gasteiger partial charge in [0.05, 0.1) is 0 Å². The van der Waals surface area contributed by atoms with Crippen molar-refractivity contribution in [2.45, 2.75) is 43.4 Å². The van der Waals surface area contributed by atoms with Gasteiger partial charge in [-0.15, -0.1) is 6.58 Å². The topological polar surface area (TPSA) is 0 Å². The van der Waals surface area contributed by atoms with Crippen LogP contribution >= 0.6 is 11.8 Å². The maximum Gasteiger partial charge on any atom is 0.442 e. The average molecular weight is 288 g/mol. The van der Waals surface area contributed by atoms with Crippen molar-refractivity contribution in [1.82, 2.24) is 0 Å². The number of rotatable bonds is 7. The van der Waals surface area contributed by atoms with E-state index < -0.39 is 10.8 Å². The van der Waals surface area contributed by atoms with E-state index in [2.05, 4.69) is 6.58 Å². The summed E-state index contributed by atoms with van der Waals surface area (Å²) in [6, 6.07) is 9.85. The van der Waals surface area contributed by atoms with Crippen molar-refractivity contribution >= 4 is 11.8 Å². The summed E-state index contributed by atoms with van der Waals surface area (Å²) in [6.07, 6.45) is 2.59. The molecule has 0 aromatic heterocycles. The summed E-state index contributed by atoms with van der Waals surface area (Å²) >= 11 is 0.104. The molecule has 106 valence electrons. The van der Waals surface area contributed by atoms with Gasteiger partial charge >= 0.3 is 5.51 Å². The molecule has 0 saturated heterocycles. The van der Waals surface area contributed by atoms with E-state index in [9.17, 15) is 13.2 Å². The lowest BCUT2D eigenvalue weighted by Crippen LogP contribution is -2.12. The Morgan fingerprint density at radius 2 is 1.89 bits per heavy atom. The van der Waals surface area contributed by atoms with Crippen LogP contribution in [-0.2, 0) is 6.42 Å². The molecular weight excluding hydrogens is 269 g/mol. The molecule has 19 heavy (non-hydrogen) atoms. The maximum absolute atomic E-state index is 12.4. The summed E-state index contributed by atoms with van der Waals surface area (Å²) in [5, 5.41) is -0.416. The fraction of sp³-hybridized carbons (Fsp3) is 0.467. The van der Waals surface area contributed by atoms with Crippen molar-refractivity contribution in [3.05, 3.63) is 48.0 Å². The molecule has 0 aliphatic rings. The zero-order valence-corrected chi connectivity index (χ0v) is 11.9. The van der Waals surface area contributed by atoms with Gasteiger partial charge in [-0.1, -0.05) is 35.9 Å². The van der Waals surface area contributed by atoms with Gasteiger partial charge in [-0.25, -0.2) is 0 Å². The Morgan fingerprint density at radius 3 is 2.42 bits per heavy atom. The summed E-state index contributed by atoms with van der Waals surface area (Å²) in [7, 11) is 0. The Kier molecular flexibility index (Phi) is 6.49. The Balaban J connectivity index is 2.42. The molecule has 1 unspecified atom stereocenters. The number of hydrogen-bond acceptors (Lipinski definition) is 1. The molecule has 0 spiro atoms. The van der Waals surface area contributed by atoms with Crippen LogP contribution in [-0.4, -0.2) is 10.8 Å². The predicted molar refractivity (Wildman–Crippen MR) is 76.2 cm³/mol. The van der Waals surface area contributed by atoms with E-state index in [1.807, 2.05) is 30.3 Å². The number of benzene rings is 1. The van der Waals surface area contributed by atoms with E-state index in [0.717, 1.165) is 18.4 Å². The first-order valence-corrected chi connectivity index (χ1v) is 7.17. The highest BCUT2D eigenvalue weighted by Crippen LogP contribution is 2.38. The van der Waals surface area contributed by atoms with Gasteiger partial charge in [0.15, 0.2) is 0 Å². The van der Waals surface area contributed by atoms with Crippen molar-refractivity contribution in [2.24, 2.45) is 0 Å². The number of thioether (sulfide) groups is 1. The van der Waals surface area contributed by atoms with E-state index in [1.165, 1.54) is 5.56 Å². The molecule has 0 aliphatic heterocycles. The summed E-state index contributed by atoms with van der Waals surface area (Å²) in [5.74, 6) is 0. The average Bonchev–Trinajstić information content (AvgIpc) is 2.27. The van der Waals surface area contributed by atoms with Crippen LogP contribution < -0.4 is 0 Å². The van der Waals surface area contributed by atoms with E-state index in [0.29, 0.717) is 12.8 Å². The van der Waals surface area contributed by atoms with E-state index in [-0.39, 0.29) is 11.8 Å². The number of hydrogen-bond donors (Lipinski definition) is 0. The normalized spacial score (nSPS) is 13.3. The highest BCUT2D eigenvalue weighted by Gasteiger charge is 2.32. The highest BCUT2D eigenvalue weighted by molar-refractivity contribution is 8.00. The molecule has 0 radical (unpaired) electrons. The molecule has 0 nitrogen and oxygen atoms in total.